The molecule has 0 fully saturated rings. The van der Waals surface area contributed by atoms with Crippen molar-refractivity contribution in [1.29, 1.82) is 0 Å². The van der Waals surface area contributed by atoms with E-state index in [0.717, 1.165) is 0 Å². The van der Waals surface area contributed by atoms with E-state index in [9.17, 15) is 0 Å². The summed E-state index contributed by atoms with van der Waals surface area (Å²) in [6, 6.07) is 28.3. The largest absolute Gasteiger partial charge is 0.134 e. The molecule has 2 heterocycles. The zero-order valence-corrected chi connectivity index (χ0v) is 15.5. The van der Waals surface area contributed by atoms with Gasteiger partial charge in [0, 0.05) is 25.2 Å². The molecule has 0 nitrogen and oxygen atoms in total. The number of fused-ring (bicyclic) bond motifs is 2. The third kappa shape index (κ3) is 2.33. The van der Waals surface area contributed by atoms with Crippen LogP contribution in [0.1, 0.15) is 5.56 Å². The highest BCUT2D eigenvalue weighted by molar-refractivity contribution is 7.29. The molecule has 0 atom stereocenters. The number of rotatable bonds is 2. The maximum atomic E-state index is 2.26. The number of benzene rings is 3. The quantitative estimate of drug-likeness (QED) is 0.303. The molecule has 3 aromatic carbocycles. The van der Waals surface area contributed by atoms with Gasteiger partial charge in [-0.05, 0) is 35.6 Å². The van der Waals surface area contributed by atoms with Gasteiger partial charge in [0.25, 0.3) is 0 Å². The molecule has 0 N–H and O–H groups in total. The smallest absolute Gasteiger partial charge is 0.0536 e. The number of hydrogen-bond acceptors (Lipinski definition) is 2. The minimum Gasteiger partial charge on any atom is -0.134 e. The van der Waals surface area contributed by atoms with Crippen molar-refractivity contribution in [2.75, 3.05) is 0 Å². The van der Waals surface area contributed by atoms with Crippen LogP contribution >= 0.6 is 22.7 Å². The summed E-state index contributed by atoms with van der Waals surface area (Å²) in [6.45, 7) is 2.26. The predicted molar refractivity (Wildman–Crippen MR) is 113 cm³/mol. The Balaban J connectivity index is 1.88. The molecule has 0 aliphatic carbocycles. The van der Waals surface area contributed by atoms with Crippen LogP contribution in [-0.2, 0) is 0 Å². The van der Waals surface area contributed by atoms with Gasteiger partial charge in [0.05, 0.1) is 4.88 Å². The standard InChI is InChI=1S/C23H16S2/c1-15-17-11-5-7-13-19(17)24-22(15)23-21(16-9-3-2-4-10-16)18-12-6-8-14-20(18)25-23/h2-14H,1H3. The highest BCUT2D eigenvalue weighted by Gasteiger charge is 2.19. The monoisotopic (exact) mass is 356 g/mol. The summed E-state index contributed by atoms with van der Waals surface area (Å²) in [5.41, 5.74) is 4.06. The van der Waals surface area contributed by atoms with E-state index < -0.39 is 0 Å². The Labute approximate surface area is 155 Å². The highest BCUT2D eigenvalue weighted by atomic mass is 32.1. The van der Waals surface area contributed by atoms with Crippen LogP contribution < -0.4 is 0 Å². The second kappa shape index (κ2) is 5.83. The van der Waals surface area contributed by atoms with Crippen molar-refractivity contribution in [1.82, 2.24) is 0 Å². The summed E-state index contributed by atoms with van der Waals surface area (Å²) in [5, 5.41) is 2.73. The third-order valence-corrected chi connectivity index (χ3v) is 7.32. The van der Waals surface area contributed by atoms with Crippen LogP contribution in [0.25, 0.3) is 41.1 Å². The van der Waals surface area contributed by atoms with Gasteiger partial charge in [-0.2, -0.15) is 0 Å². The van der Waals surface area contributed by atoms with Crippen LogP contribution in [0.15, 0.2) is 78.9 Å². The van der Waals surface area contributed by atoms with E-state index in [0.29, 0.717) is 0 Å². The lowest BCUT2D eigenvalue weighted by Crippen LogP contribution is -1.79. The zero-order valence-electron chi connectivity index (χ0n) is 13.8. The molecule has 5 rings (SSSR count). The molecule has 0 saturated heterocycles. The molecule has 2 aromatic heterocycles. The van der Waals surface area contributed by atoms with Gasteiger partial charge in [-0.15, -0.1) is 22.7 Å². The van der Waals surface area contributed by atoms with E-state index in [4.69, 9.17) is 0 Å². The fourth-order valence-corrected chi connectivity index (χ4v) is 6.12. The Morgan fingerprint density at radius 3 is 1.84 bits per heavy atom. The van der Waals surface area contributed by atoms with Gasteiger partial charge in [0.2, 0.25) is 0 Å². The lowest BCUT2D eigenvalue weighted by atomic mass is 10.00. The molecular weight excluding hydrogens is 340 g/mol. The second-order valence-corrected chi connectivity index (χ2v) is 8.33. The first kappa shape index (κ1) is 14.9. The molecular formula is C23H16S2. The summed E-state index contributed by atoms with van der Waals surface area (Å²) in [4.78, 5) is 2.80. The molecule has 0 radical (unpaired) electrons. The fraction of sp³-hybridized carbons (Fsp3) is 0.0435. The Hall–Kier alpha value is -2.42. The molecule has 2 heteroatoms. The number of hydrogen-bond donors (Lipinski definition) is 0. The fourth-order valence-electron chi connectivity index (χ4n) is 3.49. The SMILES string of the molecule is Cc1c(-c2sc3ccccc3c2-c2ccccc2)sc2ccccc12. The van der Waals surface area contributed by atoms with Crippen molar-refractivity contribution in [2.24, 2.45) is 0 Å². The average molecular weight is 357 g/mol. The van der Waals surface area contributed by atoms with Crippen LogP contribution in [0, 0.1) is 6.92 Å². The summed E-state index contributed by atoms with van der Waals surface area (Å²) in [6.07, 6.45) is 0. The summed E-state index contributed by atoms with van der Waals surface area (Å²) in [5.74, 6) is 0. The van der Waals surface area contributed by atoms with Gasteiger partial charge in [0.1, 0.15) is 0 Å². The first-order valence-electron chi connectivity index (χ1n) is 8.38. The molecule has 0 unspecified atom stereocenters. The lowest BCUT2D eigenvalue weighted by Gasteiger charge is -2.05. The van der Waals surface area contributed by atoms with Gasteiger partial charge in [-0.1, -0.05) is 66.7 Å². The zero-order chi connectivity index (χ0) is 16.8. The molecule has 0 amide bonds. The van der Waals surface area contributed by atoms with Crippen molar-refractivity contribution in [3.05, 3.63) is 84.4 Å². The van der Waals surface area contributed by atoms with Crippen LogP contribution in [-0.4, -0.2) is 0 Å². The van der Waals surface area contributed by atoms with E-state index in [2.05, 4.69) is 85.8 Å². The topological polar surface area (TPSA) is 0 Å². The minimum atomic E-state index is 1.30. The Morgan fingerprint density at radius 1 is 0.560 bits per heavy atom. The van der Waals surface area contributed by atoms with E-state index >= 15 is 0 Å². The minimum absolute atomic E-state index is 1.30. The van der Waals surface area contributed by atoms with Gasteiger partial charge in [0.15, 0.2) is 0 Å². The van der Waals surface area contributed by atoms with Crippen molar-refractivity contribution >= 4 is 42.8 Å². The van der Waals surface area contributed by atoms with Crippen molar-refractivity contribution < 1.29 is 0 Å². The highest BCUT2D eigenvalue weighted by Crippen LogP contribution is 2.49. The van der Waals surface area contributed by atoms with Crippen LogP contribution in [0.3, 0.4) is 0 Å². The maximum Gasteiger partial charge on any atom is 0.0536 e. The molecule has 0 bridgehead atoms. The summed E-state index contributed by atoms with van der Waals surface area (Å²) in [7, 11) is 0. The lowest BCUT2D eigenvalue weighted by molar-refractivity contribution is 1.59. The molecule has 0 spiro atoms. The van der Waals surface area contributed by atoms with Gasteiger partial charge in [-0.25, -0.2) is 0 Å². The Morgan fingerprint density at radius 2 is 1.12 bits per heavy atom. The molecule has 120 valence electrons. The van der Waals surface area contributed by atoms with Crippen molar-refractivity contribution in [2.45, 2.75) is 6.92 Å². The summed E-state index contributed by atoms with van der Waals surface area (Å²) >= 11 is 3.82. The molecule has 25 heavy (non-hydrogen) atoms. The molecule has 0 aliphatic heterocycles. The normalized spacial score (nSPS) is 11.4. The van der Waals surface area contributed by atoms with E-state index in [1.807, 2.05) is 22.7 Å². The van der Waals surface area contributed by atoms with Crippen LogP contribution in [0.4, 0.5) is 0 Å². The van der Waals surface area contributed by atoms with Crippen molar-refractivity contribution in [3.63, 3.8) is 0 Å². The maximum absolute atomic E-state index is 2.26. The van der Waals surface area contributed by atoms with Crippen LogP contribution in [0.2, 0.25) is 0 Å². The predicted octanol–water partition coefficient (Wildman–Crippen LogP) is 7.76. The molecule has 5 aromatic rings. The summed E-state index contributed by atoms with van der Waals surface area (Å²) < 4.78 is 2.72. The van der Waals surface area contributed by atoms with Crippen LogP contribution in [0.5, 0.6) is 0 Å². The first-order valence-corrected chi connectivity index (χ1v) is 10.0. The Bertz CT molecular complexity index is 1190. The van der Waals surface area contributed by atoms with E-state index in [1.165, 1.54) is 46.6 Å². The number of aryl methyl sites for hydroxylation is 1. The van der Waals surface area contributed by atoms with Gasteiger partial charge >= 0.3 is 0 Å². The van der Waals surface area contributed by atoms with E-state index in [1.54, 1.807) is 0 Å². The third-order valence-electron chi connectivity index (χ3n) is 4.71. The van der Waals surface area contributed by atoms with Gasteiger partial charge < -0.3 is 0 Å². The Kier molecular flexibility index (Phi) is 3.47. The first-order chi connectivity index (χ1) is 12.3. The van der Waals surface area contributed by atoms with Crippen molar-refractivity contribution in [3.8, 4) is 20.9 Å². The molecule has 0 aliphatic rings. The average Bonchev–Trinajstić information content (AvgIpc) is 3.21. The van der Waals surface area contributed by atoms with Gasteiger partial charge in [-0.3, -0.25) is 0 Å². The second-order valence-electron chi connectivity index (χ2n) is 6.22. The molecule has 0 saturated carbocycles. The van der Waals surface area contributed by atoms with E-state index in [-0.39, 0.29) is 0 Å². The number of thiophene rings is 2.